The van der Waals surface area contributed by atoms with E-state index in [1.807, 2.05) is 12.1 Å². The molecule has 0 saturated carbocycles. The fourth-order valence-corrected chi connectivity index (χ4v) is 2.90. The van der Waals surface area contributed by atoms with Crippen LogP contribution in [0, 0.1) is 0 Å². The number of aliphatic hydroxyl groups excluding tert-OH is 1. The zero-order chi connectivity index (χ0) is 11.7. The van der Waals surface area contributed by atoms with Crippen molar-refractivity contribution >= 4 is 5.82 Å². The monoisotopic (exact) mass is 233 g/mol. The zero-order valence-electron chi connectivity index (χ0n) is 10.0. The second-order valence-electron chi connectivity index (χ2n) is 4.96. The number of aromatic nitrogens is 1. The molecule has 2 aliphatic heterocycles. The first-order valence-electron chi connectivity index (χ1n) is 6.41. The Hall–Kier alpha value is -1.13. The van der Waals surface area contributed by atoms with Crippen LogP contribution in [0.4, 0.5) is 5.82 Å². The largest absolute Gasteiger partial charge is 0.392 e. The van der Waals surface area contributed by atoms with Crippen LogP contribution in [0.5, 0.6) is 0 Å². The number of fused-ring (bicyclic) bond motifs is 1. The minimum atomic E-state index is 0.0731. The van der Waals surface area contributed by atoms with Crippen LogP contribution >= 0.6 is 0 Å². The van der Waals surface area contributed by atoms with Gasteiger partial charge in [0.25, 0.3) is 0 Å². The van der Waals surface area contributed by atoms with Crippen LogP contribution in [-0.2, 0) is 6.61 Å². The molecule has 0 bridgehead atoms. The van der Waals surface area contributed by atoms with Gasteiger partial charge in [-0.1, -0.05) is 6.07 Å². The van der Waals surface area contributed by atoms with Gasteiger partial charge in [0.2, 0.25) is 0 Å². The van der Waals surface area contributed by atoms with E-state index in [0.717, 1.165) is 37.1 Å². The summed E-state index contributed by atoms with van der Waals surface area (Å²) < 4.78 is 0. The topological polar surface area (TPSA) is 39.6 Å². The van der Waals surface area contributed by atoms with Crippen molar-refractivity contribution in [2.45, 2.75) is 25.5 Å². The molecule has 0 spiro atoms. The van der Waals surface area contributed by atoms with E-state index in [9.17, 15) is 0 Å². The number of hydrogen-bond donors (Lipinski definition) is 1. The summed E-state index contributed by atoms with van der Waals surface area (Å²) in [5.41, 5.74) is 0.883. The SMILES string of the molecule is OCc1ccc(N2CCN3CCCC3C2)nc1. The summed E-state index contributed by atoms with van der Waals surface area (Å²) in [5.74, 6) is 1.05. The first-order valence-corrected chi connectivity index (χ1v) is 6.41. The lowest BCUT2D eigenvalue weighted by Crippen LogP contribution is -2.50. The number of hydrogen-bond acceptors (Lipinski definition) is 4. The molecule has 17 heavy (non-hydrogen) atoms. The molecule has 1 aromatic rings. The Bertz CT molecular complexity index is 379. The molecule has 0 aromatic carbocycles. The van der Waals surface area contributed by atoms with Crippen molar-refractivity contribution in [3.63, 3.8) is 0 Å². The van der Waals surface area contributed by atoms with Crippen LogP contribution < -0.4 is 4.90 Å². The molecule has 1 unspecified atom stereocenters. The quantitative estimate of drug-likeness (QED) is 0.822. The first kappa shape index (κ1) is 11.0. The number of pyridine rings is 1. The van der Waals surface area contributed by atoms with Gasteiger partial charge in [0.15, 0.2) is 0 Å². The van der Waals surface area contributed by atoms with E-state index in [2.05, 4.69) is 14.8 Å². The summed E-state index contributed by atoms with van der Waals surface area (Å²) in [6, 6.07) is 4.71. The van der Waals surface area contributed by atoms with Crippen LogP contribution in [0.25, 0.3) is 0 Å². The fourth-order valence-electron chi connectivity index (χ4n) is 2.90. The minimum absolute atomic E-state index is 0.0731. The molecule has 2 saturated heterocycles. The number of nitrogens with zero attached hydrogens (tertiary/aromatic N) is 3. The summed E-state index contributed by atoms with van der Waals surface area (Å²) in [7, 11) is 0. The predicted octanol–water partition coefficient (Wildman–Crippen LogP) is 0.858. The van der Waals surface area contributed by atoms with Gasteiger partial charge in [0, 0.05) is 31.9 Å². The van der Waals surface area contributed by atoms with Crippen molar-refractivity contribution in [1.82, 2.24) is 9.88 Å². The molecule has 0 amide bonds. The van der Waals surface area contributed by atoms with Crippen molar-refractivity contribution in [2.75, 3.05) is 31.1 Å². The zero-order valence-corrected chi connectivity index (χ0v) is 10.0. The van der Waals surface area contributed by atoms with Gasteiger partial charge >= 0.3 is 0 Å². The Morgan fingerprint density at radius 2 is 2.24 bits per heavy atom. The van der Waals surface area contributed by atoms with E-state index in [-0.39, 0.29) is 6.61 Å². The van der Waals surface area contributed by atoms with E-state index in [1.54, 1.807) is 6.20 Å². The Kier molecular flexibility index (Phi) is 2.99. The van der Waals surface area contributed by atoms with Gasteiger partial charge in [-0.2, -0.15) is 0 Å². The molecule has 1 aromatic heterocycles. The van der Waals surface area contributed by atoms with Crippen molar-refractivity contribution in [3.05, 3.63) is 23.9 Å². The molecule has 92 valence electrons. The smallest absolute Gasteiger partial charge is 0.128 e. The van der Waals surface area contributed by atoms with Crippen LogP contribution in [0.2, 0.25) is 0 Å². The third-order valence-electron chi connectivity index (χ3n) is 3.90. The maximum Gasteiger partial charge on any atom is 0.128 e. The van der Waals surface area contributed by atoms with E-state index in [0.29, 0.717) is 0 Å². The molecule has 3 rings (SSSR count). The van der Waals surface area contributed by atoms with Crippen LogP contribution in [0.15, 0.2) is 18.3 Å². The van der Waals surface area contributed by atoms with Gasteiger partial charge in [0.1, 0.15) is 5.82 Å². The van der Waals surface area contributed by atoms with E-state index >= 15 is 0 Å². The molecular weight excluding hydrogens is 214 g/mol. The van der Waals surface area contributed by atoms with Gasteiger partial charge in [-0.15, -0.1) is 0 Å². The summed E-state index contributed by atoms with van der Waals surface area (Å²) in [4.78, 5) is 9.40. The molecule has 0 aliphatic carbocycles. The Morgan fingerprint density at radius 1 is 1.29 bits per heavy atom. The second-order valence-corrected chi connectivity index (χ2v) is 4.96. The highest BCUT2D eigenvalue weighted by Crippen LogP contribution is 2.24. The number of rotatable bonds is 2. The van der Waals surface area contributed by atoms with E-state index in [1.165, 1.54) is 19.4 Å². The first-order chi connectivity index (χ1) is 8.36. The minimum Gasteiger partial charge on any atom is -0.392 e. The molecule has 4 heteroatoms. The Balaban J connectivity index is 1.71. The normalized spacial score (nSPS) is 25.0. The highest BCUT2D eigenvalue weighted by Gasteiger charge is 2.30. The molecule has 2 fully saturated rings. The molecule has 1 atom stereocenters. The third kappa shape index (κ3) is 2.15. The third-order valence-corrected chi connectivity index (χ3v) is 3.90. The van der Waals surface area contributed by atoms with Gasteiger partial charge in [-0.05, 0) is 31.0 Å². The van der Waals surface area contributed by atoms with Crippen molar-refractivity contribution < 1.29 is 5.11 Å². The molecule has 0 radical (unpaired) electrons. The van der Waals surface area contributed by atoms with Crippen molar-refractivity contribution in [1.29, 1.82) is 0 Å². The fraction of sp³-hybridized carbons (Fsp3) is 0.615. The van der Waals surface area contributed by atoms with Crippen molar-refractivity contribution in [3.8, 4) is 0 Å². The van der Waals surface area contributed by atoms with Crippen LogP contribution in [0.3, 0.4) is 0 Å². The molecule has 2 aliphatic rings. The molecule has 3 heterocycles. The predicted molar refractivity (Wildman–Crippen MR) is 67.0 cm³/mol. The van der Waals surface area contributed by atoms with Gasteiger partial charge < -0.3 is 10.0 Å². The maximum atomic E-state index is 9.00. The number of piperazine rings is 1. The summed E-state index contributed by atoms with van der Waals surface area (Å²) in [5, 5.41) is 9.00. The average molecular weight is 233 g/mol. The van der Waals surface area contributed by atoms with Crippen LogP contribution in [0.1, 0.15) is 18.4 Å². The average Bonchev–Trinajstić information content (AvgIpc) is 2.86. The van der Waals surface area contributed by atoms with Crippen LogP contribution in [-0.4, -0.2) is 47.2 Å². The number of anilines is 1. The lowest BCUT2D eigenvalue weighted by atomic mass is 10.1. The summed E-state index contributed by atoms with van der Waals surface area (Å²) >= 11 is 0. The van der Waals surface area contributed by atoms with E-state index in [4.69, 9.17) is 5.11 Å². The maximum absolute atomic E-state index is 9.00. The second kappa shape index (κ2) is 4.63. The molecule has 1 N–H and O–H groups in total. The summed E-state index contributed by atoms with van der Waals surface area (Å²) in [6.07, 6.45) is 4.44. The molecular formula is C13H19N3O. The summed E-state index contributed by atoms with van der Waals surface area (Å²) in [6.45, 7) is 4.68. The Labute approximate surface area is 102 Å². The highest BCUT2D eigenvalue weighted by molar-refractivity contribution is 5.40. The van der Waals surface area contributed by atoms with Crippen molar-refractivity contribution in [2.24, 2.45) is 0 Å². The lowest BCUT2D eigenvalue weighted by molar-refractivity contribution is 0.230. The van der Waals surface area contributed by atoms with E-state index < -0.39 is 0 Å². The van der Waals surface area contributed by atoms with Gasteiger partial charge in [-0.25, -0.2) is 4.98 Å². The number of aliphatic hydroxyl groups is 1. The highest BCUT2D eigenvalue weighted by atomic mass is 16.3. The van der Waals surface area contributed by atoms with Gasteiger partial charge in [-0.3, -0.25) is 4.90 Å². The Morgan fingerprint density at radius 3 is 3.00 bits per heavy atom. The van der Waals surface area contributed by atoms with Gasteiger partial charge in [0.05, 0.1) is 6.61 Å². The molecule has 4 nitrogen and oxygen atoms in total. The lowest BCUT2D eigenvalue weighted by Gasteiger charge is -2.38. The standard InChI is InChI=1S/C13H19N3O/c17-10-11-3-4-13(14-8-11)16-7-6-15-5-1-2-12(15)9-16/h3-4,8,12,17H,1-2,5-7,9-10H2.